The van der Waals surface area contributed by atoms with Gasteiger partial charge in [0.15, 0.2) is 5.78 Å². The average molecular weight is 239 g/mol. The topological polar surface area (TPSA) is 42.5 Å². The summed E-state index contributed by atoms with van der Waals surface area (Å²) in [5.74, 6) is 0.537. The van der Waals surface area contributed by atoms with Crippen molar-refractivity contribution in [2.45, 2.75) is 25.0 Å². The van der Waals surface area contributed by atoms with Crippen LogP contribution in [0.15, 0.2) is 36.4 Å². The van der Waals surface area contributed by atoms with Crippen LogP contribution in [0.5, 0.6) is 0 Å². The Balaban J connectivity index is 1.62. The Morgan fingerprint density at radius 1 is 1.17 bits per heavy atom. The summed E-state index contributed by atoms with van der Waals surface area (Å²) >= 11 is 0. The number of benzene rings is 1. The van der Waals surface area contributed by atoms with E-state index in [0.29, 0.717) is 0 Å². The number of hydrogen-bond donors (Lipinski definition) is 0. The van der Waals surface area contributed by atoms with Gasteiger partial charge in [-0.25, -0.2) is 4.98 Å². The molecule has 2 aromatic rings. The number of epoxide rings is 1. The third-order valence-electron chi connectivity index (χ3n) is 3.66. The first-order valence-electron chi connectivity index (χ1n) is 6.38. The molecule has 0 bridgehead atoms. The molecule has 3 nitrogen and oxygen atoms in total. The van der Waals surface area contributed by atoms with Crippen molar-refractivity contribution in [3.05, 3.63) is 42.1 Å². The molecule has 2 fully saturated rings. The first kappa shape index (κ1) is 10.2. The normalized spacial score (nSPS) is 26.2. The van der Waals surface area contributed by atoms with E-state index in [1.165, 1.54) is 0 Å². The Kier molecular flexibility index (Phi) is 2.06. The smallest absolute Gasteiger partial charge is 0.167 e. The minimum Gasteiger partial charge on any atom is -0.354 e. The largest absolute Gasteiger partial charge is 0.354 e. The van der Waals surface area contributed by atoms with Crippen LogP contribution < -0.4 is 0 Å². The highest BCUT2D eigenvalue weighted by Gasteiger charge is 2.51. The van der Waals surface area contributed by atoms with E-state index in [1.54, 1.807) is 0 Å². The molecule has 2 atom stereocenters. The van der Waals surface area contributed by atoms with E-state index in [0.717, 1.165) is 29.4 Å². The molecule has 1 aliphatic carbocycles. The number of ketones is 1. The fourth-order valence-corrected chi connectivity index (χ4v) is 2.39. The predicted octanol–water partition coefficient (Wildman–Crippen LogP) is 2.65. The second kappa shape index (κ2) is 3.62. The second-order valence-corrected chi connectivity index (χ2v) is 5.08. The zero-order chi connectivity index (χ0) is 12.1. The lowest BCUT2D eigenvalue weighted by molar-refractivity contribution is -0.121. The SMILES string of the molecule is O=C(C1CC1)[C@@H]1O[C@@H]1c1ccc2ccccc2n1. The van der Waals surface area contributed by atoms with Gasteiger partial charge in [-0.2, -0.15) is 0 Å². The third-order valence-corrected chi connectivity index (χ3v) is 3.66. The summed E-state index contributed by atoms with van der Waals surface area (Å²) in [6.07, 6.45) is 1.74. The van der Waals surface area contributed by atoms with Crippen LogP contribution in [-0.2, 0) is 9.53 Å². The summed E-state index contributed by atoms with van der Waals surface area (Å²) in [6.45, 7) is 0. The van der Waals surface area contributed by atoms with Crippen molar-refractivity contribution in [3.8, 4) is 0 Å². The lowest BCUT2D eigenvalue weighted by Crippen LogP contribution is -2.09. The van der Waals surface area contributed by atoms with Gasteiger partial charge in [-0.15, -0.1) is 0 Å². The Labute approximate surface area is 105 Å². The van der Waals surface area contributed by atoms with Gasteiger partial charge in [-0.05, 0) is 25.0 Å². The number of aromatic nitrogens is 1. The molecular weight excluding hydrogens is 226 g/mol. The molecule has 1 aromatic heterocycles. The van der Waals surface area contributed by atoms with Crippen molar-refractivity contribution in [1.82, 2.24) is 4.98 Å². The van der Waals surface area contributed by atoms with Crippen LogP contribution in [0.2, 0.25) is 0 Å². The Morgan fingerprint density at radius 2 is 2.00 bits per heavy atom. The van der Waals surface area contributed by atoms with Crippen molar-refractivity contribution in [2.75, 3.05) is 0 Å². The van der Waals surface area contributed by atoms with Crippen LogP contribution in [0.3, 0.4) is 0 Å². The van der Waals surface area contributed by atoms with Crippen LogP contribution in [0.1, 0.15) is 24.6 Å². The molecule has 0 unspecified atom stereocenters. The summed E-state index contributed by atoms with van der Waals surface area (Å²) in [6, 6.07) is 12.0. The number of para-hydroxylation sites is 1. The quantitative estimate of drug-likeness (QED) is 0.773. The van der Waals surface area contributed by atoms with Gasteiger partial charge in [0, 0.05) is 11.3 Å². The zero-order valence-corrected chi connectivity index (χ0v) is 9.87. The molecular formula is C15H13NO2. The van der Waals surface area contributed by atoms with Crippen molar-refractivity contribution in [1.29, 1.82) is 0 Å². The minimum atomic E-state index is -0.230. The summed E-state index contributed by atoms with van der Waals surface area (Å²) in [4.78, 5) is 16.4. The molecule has 0 radical (unpaired) electrons. The van der Waals surface area contributed by atoms with Crippen LogP contribution in [-0.4, -0.2) is 16.9 Å². The van der Waals surface area contributed by atoms with E-state index in [1.807, 2.05) is 36.4 Å². The summed E-state index contributed by atoms with van der Waals surface area (Å²) in [7, 11) is 0. The number of fused-ring (bicyclic) bond motifs is 1. The monoisotopic (exact) mass is 239 g/mol. The molecule has 0 spiro atoms. The van der Waals surface area contributed by atoms with E-state index in [2.05, 4.69) is 4.98 Å². The number of pyridine rings is 1. The van der Waals surface area contributed by atoms with E-state index in [-0.39, 0.29) is 23.9 Å². The maximum atomic E-state index is 11.9. The summed E-state index contributed by atoms with van der Waals surface area (Å²) in [5.41, 5.74) is 1.84. The fraction of sp³-hybridized carbons (Fsp3) is 0.333. The van der Waals surface area contributed by atoms with Crippen molar-refractivity contribution in [2.24, 2.45) is 5.92 Å². The minimum absolute atomic E-state index is 0.109. The molecule has 0 N–H and O–H groups in total. The van der Waals surface area contributed by atoms with Gasteiger partial charge in [-0.1, -0.05) is 24.3 Å². The third kappa shape index (κ3) is 1.63. The van der Waals surface area contributed by atoms with E-state index in [9.17, 15) is 4.79 Å². The van der Waals surface area contributed by atoms with Crippen LogP contribution in [0.4, 0.5) is 0 Å². The molecule has 1 saturated heterocycles. The van der Waals surface area contributed by atoms with Crippen LogP contribution in [0, 0.1) is 5.92 Å². The van der Waals surface area contributed by atoms with Crippen molar-refractivity contribution < 1.29 is 9.53 Å². The van der Waals surface area contributed by atoms with Gasteiger partial charge in [0.1, 0.15) is 12.2 Å². The predicted molar refractivity (Wildman–Crippen MR) is 67.1 cm³/mol. The van der Waals surface area contributed by atoms with Gasteiger partial charge in [0.05, 0.1) is 11.2 Å². The highest BCUT2D eigenvalue weighted by molar-refractivity contribution is 5.90. The maximum Gasteiger partial charge on any atom is 0.167 e. The van der Waals surface area contributed by atoms with Gasteiger partial charge in [0.2, 0.25) is 0 Å². The molecule has 2 aliphatic rings. The maximum absolute atomic E-state index is 11.9. The number of rotatable bonds is 3. The molecule has 4 rings (SSSR count). The van der Waals surface area contributed by atoms with E-state index >= 15 is 0 Å². The Bertz CT molecular complexity index is 633. The molecule has 2 heterocycles. The average Bonchev–Trinajstić information content (AvgIpc) is 3.30. The number of nitrogens with zero attached hydrogens (tertiary/aromatic N) is 1. The van der Waals surface area contributed by atoms with Gasteiger partial charge in [-0.3, -0.25) is 4.79 Å². The van der Waals surface area contributed by atoms with Gasteiger partial charge >= 0.3 is 0 Å². The molecule has 1 aliphatic heterocycles. The number of Topliss-reactive ketones (excluding diaryl/α,β-unsaturated/α-hetero) is 1. The molecule has 1 saturated carbocycles. The van der Waals surface area contributed by atoms with Crippen molar-refractivity contribution >= 4 is 16.7 Å². The Morgan fingerprint density at radius 3 is 2.83 bits per heavy atom. The first-order chi connectivity index (χ1) is 8.83. The number of ether oxygens (including phenoxy) is 1. The lowest BCUT2D eigenvalue weighted by atomic mass is 10.1. The molecule has 3 heteroatoms. The molecule has 90 valence electrons. The number of carbonyl (C=O) groups is 1. The molecule has 1 aromatic carbocycles. The van der Waals surface area contributed by atoms with Crippen molar-refractivity contribution in [3.63, 3.8) is 0 Å². The first-order valence-corrected chi connectivity index (χ1v) is 6.38. The van der Waals surface area contributed by atoms with Gasteiger partial charge in [0.25, 0.3) is 0 Å². The zero-order valence-electron chi connectivity index (χ0n) is 9.87. The number of carbonyl (C=O) groups excluding carboxylic acids is 1. The Hall–Kier alpha value is -1.74. The molecule has 0 amide bonds. The fourth-order valence-electron chi connectivity index (χ4n) is 2.39. The van der Waals surface area contributed by atoms with Crippen LogP contribution in [0.25, 0.3) is 10.9 Å². The molecule has 18 heavy (non-hydrogen) atoms. The van der Waals surface area contributed by atoms with E-state index in [4.69, 9.17) is 4.74 Å². The second-order valence-electron chi connectivity index (χ2n) is 5.08. The standard InChI is InChI=1S/C15H13NO2/c17-13(10-5-6-10)15-14(18-15)12-8-7-9-3-1-2-4-11(9)16-12/h1-4,7-8,10,14-15H,5-6H2/t14-,15+/m1/s1. The summed E-state index contributed by atoms with van der Waals surface area (Å²) < 4.78 is 5.50. The van der Waals surface area contributed by atoms with Crippen LogP contribution >= 0.6 is 0 Å². The summed E-state index contributed by atoms with van der Waals surface area (Å²) in [5, 5.41) is 1.12. The highest BCUT2D eigenvalue weighted by Crippen LogP contribution is 2.44. The van der Waals surface area contributed by atoms with E-state index < -0.39 is 0 Å². The lowest BCUT2D eigenvalue weighted by Gasteiger charge is -1.99. The number of hydrogen-bond acceptors (Lipinski definition) is 3. The highest BCUT2D eigenvalue weighted by atomic mass is 16.6. The van der Waals surface area contributed by atoms with Gasteiger partial charge < -0.3 is 4.74 Å².